The van der Waals surface area contributed by atoms with Gasteiger partial charge in [0.1, 0.15) is 6.04 Å². The Morgan fingerprint density at radius 2 is 1.95 bits per heavy atom. The van der Waals surface area contributed by atoms with Crippen molar-refractivity contribution in [3.63, 3.8) is 0 Å². The van der Waals surface area contributed by atoms with Crippen LogP contribution in [0, 0.1) is 5.92 Å². The van der Waals surface area contributed by atoms with Gasteiger partial charge in [0.05, 0.1) is 5.56 Å². The average Bonchev–Trinajstić information content (AvgIpc) is 2.49. The van der Waals surface area contributed by atoms with E-state index in [1.165, 1.54) is 0 Å². The highest BCUT2D eigenvalue weighted by molar-refractivity contribution is 9.10. The van der Waals surface area contributed by atoms with Crippen LogP contribution in [0.1, 0.15) is 30.6 Å². The van der Waals surface area contributed by atoms with Crippen molar-refractivity contribution in [2.75, 3.05) is 18.6 Å². The van der Waals surface area contributed by atoms with Gasteiger partial charge < -0.3 is 10.6 Å². The molecule has 1 aromatic rings. The summed E-state index contributed by atoms with van der Waals surface area (Å²) in [6.45, 7) is 4.69. The maximum absolute atomic E-state index is 12.4. The summed E-state index contributed by atoms with van der Waals surface area (Å²) < 4.78 is 0.721. The number of hydrogen-bond acceptors (Lipinski definition) is 3. The molecule has 0 radical (unpaired) electrons. The summed E-state index contributed by atoms with van der Waals surface area (Å²) in [5.41, 5.74) is 0.535. The van der Waals surface area contributed by atoms with Crippen LogP contribution in [0.4, 0.5) is 0 Å². The van der Waals surface area contributed by atoms with Gasteiger partial charge in [0.25, 0.3) is 5.91 Å². The van der Waals surface area contributed by atoms with Crippen LogP contribution >= 0.6 is 27.7 Å². The maximum Gasteiger partial charge on any atom is 0.253 e. The summed E-state index contributed by atoms with van der Waals surface area (Å²) >= 11 is 5.02. The minimum atomic E-state index is -0.509. The minimum Gasteiger partial charge on any atom is -0.354 e. The fourth-order valence-electron chi connectivity index (χ4n) is 1.81. The lowest BCUT2D eigenvalue weighted by Gasteiger charge is -2.19. The summed E-state index contributed by atoms with van der Waals surface area (Å²) in [6, 6.07) is 6.68. The van der Waals surface area contributed by atoms with E-state index in [1.54, 1.807) is 23.9 Å². The van der Waals surface area contributed by atoms with Gasteiger partial charge in [0, 0.05) is 11.0 Å². The van der Waals surface area contributed by atoms with Crippen molar-refractivity contribution in [1.82, 2.24) is 10.6 Å². The predicted molar refractivity (Wildman–Crippen MR) is 96.2 cm³/mol. The van der Waals surface area contributed by atoms with Gasteiger partial charge in [-0.15, -0.1) is 0 Å². The van der Waals surface area contributed by atoms with Gasteiger partial charge in [-0.3, -0.25) is 9.59 Å². The molecular formula is C16H23BrN2O2S. The van der Waals surface area contributed by atoms with Crippen LogP contribution in [0.5, 0.6) is 0 Å². The first-order chi connectivity index (χ1) is 10.5. The van der Waals surface area contributed by atoms with Crippen molar-refractivity contribution in [2.24, 2.45) is 5.92 Å². The second-order valence-corrected chi connectivity index (χ2v) is 7.27. The highest BCUT2D eigenvalue weighted by Crippen LogP contribution is 2.16. The van der Waals surface area contributed by atoms with Gasteiger partial charge in [0.15, 0.2) is 0 Å². The predicted octanol–water partition coefficient (Wildman–Crippen LogP) is 3.07. The Morgan fingerprint density at radius 3 is 2.55 bits per heavy atom. The molecule has 0 aromatic heterocycles. The quantitative estimate of drug-likeness (QED) is 0.721. The number of hydrogen-bond donors (Lipinski definition) is 2. The van der Waals surface area contributed by atoms with Gasteiger partial charge in [-0.05, 0) is 52.4 Å². The monoisotopic (exact) mass is 386 g/mol. The lowest BCUT2D eigenvalue weighted by molar-refractivity contribution is -0.123. The Balaban J connectivity index is 2.73. The lowest BCUT2D eigenvalue weighted by atomic mass is 10.1. The Kier molecular flexibility index (Phi) is 8.56. The first-order valence-corrected chi connectivity index (χ1v) is 9.46. The average molecular weight is 387 g/mol. The summed E-state index contributed by atoms with van der Waals surface area (Å²) in [7, 11) is 0. The molecule has 4 nitrogen and oxygen atoms in total. The smallest absolute Gasteiger partial charge is 0.253 e. The first-order valence-electron chi connectivity index (χ1n) is 7.27. The van der Waals surface area contributed by atoms with Crippen molar-refractivity contribution in [3.8, 4) is 0 Å². The van der Waals surface area contributed by atoms with Crippen molar-refractivity contribution in [2.45, 2.75) is 26.3 Å². The summed E-state index contributed by atoms with van der Waals surface area (Å²) in [4.78, 5) is 24.6. The minimum absolute atomic E-state index is 0.122. The zero-order valence-corrected chi connectivity index (χ0v) is 15.6. The zero-order valence-electron chi connectivity index (χ0n) is 13.2. The van der Waals surface area contributed by atoms with E-state index in [0.29, 0.717) is 24.4 Å². The Hall–Kier alpha value is -1.01. The molecule has 122 valence electrons. The molecule has 0 saturated carbocycles. The van der Waals surface area contributed by atoms with E-state index in [4.69, 9.17) is 0 Å². The Bertz CT molecular complexity index is 509. The van der Waals surface area contributed by atoms with E-state index < -0.39 is 6.04 Å². The van der Waals surface area contributed by atoms with Gasteiger partial charge >= 0.3 is 0 Å². The normalized spacial score (nSPS) is 12.0. The van der Waals surface area contributed by atoms with E-state index in [2.05, 4.69) is 26.6 Å². The van der Waals surface area contributed by atoms with Gasteiger partial charge in [0.2, 0.25) is 5.91 Å². The topological polar surface area (TPSA) is 58.2 Å². The molecule has 0 saturated heterocycles. The number of amides is 2. The van der Waals surface area contributed by atoms with Gasteiger partial charge in [-0.25, -0.2) is 0 Å². The van der Waals surface area contributed by atoms with Crippen LogP contribution < -0.4 is 10.6 Å². The molecule has 1 aromatic carbocycles. The third kappa shape index (κ3) is 6.40. The molecular weight excluding hydrogens is 364 g/mol. The van der Waals surface area contributed by atoms with Crippen LogP contribution in [-0.2, 0) is 4.79 Å². The Morgan fingerprint density at radius 1 is 1.27 bits per heavy atom. The summed E-state index contributed by atoms with van der Waals surface area (Å²) in [6.07, 6.45) is 2.60. The molecule has 2 N–H and O–H groups in total. The molecule has 1 unspecified atom stereocenters. The standard InChI is InChI=1S/C16H23BrN2O2S/c1-11(2)10-18-16(21)14(8-9-22-3)19-15(20)12-6-4-5-7-13(12)17/h4-7,11,14H,8-10H2,1-3H3,(H,18,21)(H,19,20). The molecule has 0 aliphatic heterocycles. The van der Waals surface area contributed by atoms with Crippen molar-refractivity contribution < 1.29 is 9.59 Å². The molecule has 0 aliphatic rings. The third-order valence-electron chi connectivity index (χ3n) is 3.04. The zero-order chi connectivity index (χ0) is 16.5. The number of nitrogens with one attached hydrogen (secondary N) is 2. The number of carbonyl (C=O) groups excluding carboxylic acids is 2. The molecule has 6 heteroatoms. The molecule has 0 heterocycles. The van der Waals surface area contributed by atoms with Crippen LogP contribution in [0.3, 0.4) is 0 Å². The van der Waals surface area contributed by atoms with E-state index in [9.17, 15) is 9.59 Å². The molecule has 0 aliphatic carbocycles. The molecule has 1 rings (SSSR count). The fourth-order valence-corrected chi connectivity index (χ4v) is 2.75. The van der Waals surface area contributed by atoms with E-state index in [-0.39, 0.29) is 11.8 Å². The van der Waals surface area contributed by atoms with Crippen LogP contribution in [-0.4, -0.2) is 36.4 Å². The van der Waals surface area contributed by atoms with Crippen LogP contribution in [0.25, 0.3) is 0 Å². The summed E-state index contributed by atoms with van der Waals surface area (Å²) in [5.74, 6) is 0.835. The number of benzene rings is 1. The molecule has 0 bridgehead atoms. The Labute approximate surface area is 144 Å². The largest absolute Gasteiger partial charge is 0.354 e. The van der Waals surface area contributed by atoms with Crippen LogP contribution in [0.15, 0.2) is 28.7 Å². The number of rotatable bonds is 8. The second-order valence-electron chi connectivity index (χ2n) is 5.43. The van der Waals surface area contributed by atoms with E-state index >= 15 is 0 Å². The number of carbonyl (C=O) groups is 2. The molecule has 0 spiro atoms. The molecule has 22 heavy (non-hydrogen) atoms. The van der Waals surface area contributed by atoms with Crippen molar-refractivity contribution in [3.05, 3.63) is 34.3 Å². The maximum atomic E-state index is 12.4. The molecule has 2 amide bonds. The first kappa shape index (κ1) is 19.0. The SMILES string of the molecule is CSCCC(NC(=O)c1ccccc1Br)C(=O)NCC(C)C. The highest BCUT2D eigenvalue weighted by atomic mass is 79.9. The molecule has 0 fully saturated rings. The lowest BCUT2D eigenvalue weighted by Crippen LogP contribution is -2.47. The van der Waals surface area contributed by atoms with Gasteiger partial charge in [-0.2, -0.15) is 11.8 Å². The van der Waals surface area contributed by atoms with Crippen molar-refractivity contribution >= 4 is 39.5 Å². The van der Waals surface area contributed by atoms with E-state index in [0.717, 1.165) is 10.2 Å². The molecule has 1 atom stereocenters. The number of thioether (sulfide) groups is 1. The fraction of sp³-hybridized carbons (Fsp3) is 0.500. The van der Waals surface area contributed by atoms with E-state index in [1.807, 2.05) is 32.2 Å². The third-order valence-corrected chi connectivity index (χ3v) is 4.37. The summed E-state index contributed by atoms with van der Waals surface area (Å²) in [5, 5.41) is 5.73. The second kappa shape index (κ2) is 9.90. The highest BCUT2D eigenvalue weighted by Gasteiger charge is 2.21. The number of halogens is 1. The van der Waals surface area contributed by atoms with Crippen LogP contribution in [0.2, 0.25) is 0 Å². The van der Waals surface area contributed by atoms with Gasteiger partial charge in [-0.1, -0.05) is 26.0 Å². The van der Waals surface area contributed by atoms with Crippen molar-refractivity contribution in [1.29, 1.82) is 0 Å².